The second-order valence-corrected chi connectivity index (χ2v) is 10.6. The molecule has 0 aliphatic rings. The van der Waals surface area contributed by atoms with Crippen molar-refractivity contribution in [2.24, 2.45) is 0 Å². The number of carbonyl (C=O) groups is 2. The van der Waals surface area contributed by atoms with Crippen LogP contribution >= 0.6 is 11.8 Å². The molecule has 2 N–H and O–H groups in total. The number of hydrogen-bond donors (Lipinski definition) is 2. The summed E-state index contributed by atoms with van der Waals surface area (Å²) in [6.45, 7) is 0.589. The number of halogens is 3. The van der Waals surface area contributed by atoms with Crippen LogP contribution in [0.1, 0.15) is 24.0 Å². The number of amides is 2. The molecule has 0 fully saturated rings. The van der Waals surface area contributed by atoms with Crippen molar-refractivity contribution in [1.29, 1.82) is 0 Å². The van der Waals surface area contributed by atoms with Gasteiger partial charge in [-0.2, -0.15) is 13.2 Å². The number of alkyl halides is 3. The molecule has 1 heterocycles. The van der Waals surface area contributed by atoms with Gasteiger partial charge in [-0.15, -0.1) is 0 Å². The third-order valence-corrected chi connectivity index (χ3v) is 7.58. The first-order valence-electron chi connectivity index (χ1n) is 13.7. The highest BCUT2D eigenvalue weighted by Gasteiger charge is 2.30. The Morgan fingerprint density at radius 1 is 0.955 bits per heavy atom. The van der Waals surface area contributed by atoms with Crippen LogP contribution in [-0.4, -0.2) is 47.9 Å². The number of rotatable bonds is 13. The van der Waals surface area contributed by atoms with Gasteiger partial charge in [0, 0.05) is 25.2 Å². The van der Waals surface area contributed by atoms with Crippen molar-refractivity contribution in [3.63, 3.8) is 0 Å². The lowest BCUT2D eigenvalue weighted by Crippen LogP contribution is -2.27. The van der Waals surface area contributed by atoms with E-state index in [4.69, 9.17) is 9.47 Å². The highest BCUT2D eigenvalue weighted by atomic mass is 32.2. The van der Waals surface area contributed by atoms with Crippen molar-refractivity contribution in [2.45, 2.75) is 37.1 Å². The summed E-state index contributed by atoms with van der Waals surface area (Å²) in [4.78, 5) is 43.0. The van der Waals surface area contributed by atoms with Crippen LogP contribution in [-0.2, 0) is 28.7 Å². The molecule has 44 heavy (non-hydrogen) atoms. The lowest BCUT2D eigenvalue weighted by molar-refractivity contribution is -0.137. The fourth-order valence-corrected chi connectivity index (χ4v) is 5.25. The first kappa shape index (κ1) is 32.4. The maximum Gasteiger partial charge on any atom is 0.416 e. The third kappa shape index (κ3) is 8.53. The lowest BCUT2D eigenvalue weighted by Gasteiger charge is -2.14. The number of benzene rings is 3. The number of nitrogens with one attached hydrogen (secondary N) is 2. The van der Waals surface area contributed by atoms with Gasteiger partial charge in [0.05, 0.1) is 36.4 Å². The zero-order chi connectivity index (χ0) is 31.7. The molecular formula is C31H31F3N4O5S. The van der Waals surface area contributed by atoms with Crippen molar-refractivity contribution >= 4 is 40.2 Å². The average Bonchev–Trinajstić information content (AvgIpc) is 3.01. The number of thioether (sulfide) groups is 1. The number of hydrogen-bond acceptors (Lipinski definition) is 7. The Hall–Kier alpha value is -4.52. The van der Waals surface area contributed by atoms with Gasteiger partial charge in [0.15, 0.2) is 16.7 Å². The molecule has 4 rings (SSSR count). The highest BCUT2D eigenvalue weighted by Crippen LogP contribution is 2.31. The second kappa shape index (κ2) is 14.8. The van der Waals surface area contributed by atoms with E-state index in [9.17, 15) is 27.6 Å². The van der Waals surface area contributed by atoms with Crippen LogP contribution in [0.5, 0.6) is 11.5 Å². The summed E-state index contributed by atoms with van der Waals surface area (Å²) in [6, 6.07) is 16.7. The first-order valence-corrected chi connectivity index (χ1v) is 14.6. The minimum absolute atomic E-state index is 0.00595. The Labute approximate surface area is 255 Å². The van der Waals surface area contributed by atoms with Crippen molar-refractivity contribution in [3.8, 4) is 11.5 Å². The monoisotopic (exact) mass is 628 g/mol. The molecular weight excluding hydrogens is 597 g/mol. The van der Waals surface area contributed by atoms with Crippen LogP contribution in [0.3, 0.4) is 0 Å². The van der Waals surface area contributed by atoms with E-state index in [0.717, 1.165) is 29.5 Å². The molecule has 13 heteroatoms. The van der Waals surface area contributed by atoms with Gasteiger partial charge in [0.1, 0.15) is 0 Å². The summed E-state index contributed by atoms with van der Waals surface area (Å²) in [5.41, 5.74) is 0.229. The van der Waals surface area contributed by atoms with Crippen LogP contribution in [0.4, 0.5) is 18.9 Å². The Morgan fingerprint density at radius 2 is 1.73 bits per heavy atom. The molecule has 0 unspecified atom stereocenters. The highest BCUT2D eigenvalue weighted by molar-refractivity contribution is 7.99. The van der Waals surface area contributed by atoms with Crippen molar-refractivity contribution in [3.05, 3.63) is 88.2 Å². The van der Waals surface area contributed by atoms with Crippen molar-refractivity contribution < 1.29 is 32.2 Å². The molecule has 0 aliphatic carbocycles. The summed E-state index contributed by atoms with van der Waals surface area (Å²) >= 11 is 0.987. The van der Waals surface area contributed by atoms with Gasteiger partial charge in [-0.3, -0.25) is 19.0 Å². The van der Waals surface area contributed by atoms with Gasteiger partial charge >= 0.3 is 6.18 Å². The van der Waals surface area contributed by atoms with Gasteiger partial charge in [-0.1, -0.05) is 36.0 Å². The summed E-state index contributed by atoms with van der Waals surface area (Å²) in [7, 11) is 3.11. The topological polar surface area (TPSA) is 112 Å². The molecule has 0 bridgehead atoms. The SMILES string of the molecule is COc1ccc(CCNC(=O)CCCn2c(SCC(=O)Nc3cccc(C(F)(F)F)c3)nc3ccccc3c2=O)cc1OC. The lowest BCUT2D eigenvalue weighted by atomic mass is 10.1. The standard InChI is InChI=1S/C31H31F3N4O5S/c1-42-25-13-12-20(17-26(25)43-2)14-15-35-27(39)11-6-16-38-29(41)23-9-3-4-10-24(23)37-30(38)44-19-28(40)36-22-8-5-7-21(18-22)31(32,33)34/h3-5,7-10,12-13,17-18H,6,11,14-16,19H2,1-2H3,(H,35,39)(H,36,40). The van der Waals surface area contributed by atoms with Crippen LogP contribution < -0.4 is 25.7 Å². The number of ether oxygens (including phenoxy) is 2. The van der Waals surface area contributed by atoms with Crippen molar-refractivity contribution in [2.75, 3.05) is 31.8 Å². The summed E-state index contributed by atoms with van der Waals surface area (Å²) < 4.78 is 51.1. The minimum atomic E-state index is -4.54. The van der Waals surface area contributed by atoms with Crippen LogP contribution in [0.25, 0.3) is 10.9 Å². The van der Waals surface area contributed by atoms with Crippen molar-refractivity contribution in [1.82, 2.24) is 14.9 Å². The normalized spacial score (nSPS) is 11.3. The molecule has 0 radical (unpaired) electrons. The predicted molar refractivity (Wildman–Crippen MR) is 162 cm³/mol. The zero-order valence-electron chi connectivity index (χ0n) is 24.1. The van der Waals surface area contributed by atoms with E-state index in [-0.39, 0.29) is 41.0 Å². The average molecular weight is 629 g/mol. The van der Waals surface area contributed by atoms with Gasteiger partial charge in [-0.05, 0) is 60.9 Å². The van der Waals surface area contributed by atoms with Gasteiger partial charge in [0.25, 0.3) is 5.56 Å². The van der Waals surface area contributed by atoms with E-state index in [1.165, 1.54) is 16.7 Å². The maximum atomic E-state index is 13.3. The van der Waals surface area contributed by atoms with E-state index in [1.807, 2.05) is 12.1 Å². The molecule has 3 aromatic carbocycles. The number of aromatic nitrogens is 2. The minimum Gasteiger partial charge on any atom is -0.493 e. The Balaban J connectivity index is 1.36. The van der Waals surface area contributed by atoms with Gasteiger partial charge in [-0.25, -0.2) is 4.98 Å². The number of anilines is 1. The second-order valence-electron chi connectivity index (χ2n) is 9.68. The predicted octanol–water partition coefficient (Wildman–Crippen LogP) is 5.30. The molecule has 0 atom stereocenters. The fraction of sp³-hybridized carbons (Fsp3) is 0.290. The van der Waals surface area contributed by atoms with Crippen LogP contribution in [0, 0.1) is 0 Å². The van der Waals surface area contributed by atoms with E-state index in [0.29, 0.717) is 41.8 Å². The summed E-state index contributed by atoms with van der Waals surface area (Å²) in [5.74, 6) is 0.289. The van der Waals surface area contributed by atoms with E-state index in [1.54, 1.807) is 44.6 Å². The number of fused-ring (bicyclic) bond motifs is 1. The Kier molecular flexibility index (Phi) is 10.9. The van der Waals surface area contributed by atoms with Crippen LogP contribution in [0.15, 0.2) is 76.7 Å². The zero-order valence-corrected chi connectivity index (χ0v) is 24.9. The number of nitrogens with zero attached hydrogens (tertiary/aromatic N) is 2. The molecule has 0 spiro atoms. The Bertz CT molecular complexity index is 1690. The maximum absolute atomic E-state index is 13.3. The number of carbonyl (C=O) groups excluding carboxylic acids is 2. The molecule has 0 aliphatic heterocycles. The molecule has 2 amide bonds. The molecule has 0 saturated carbocycles. The molecule has 0 saturated heterocycles. The summed E-state index contributed by atoms with van der Waals surface area (Å²) in [6.07, 6.45) is -3.46. The molecule has 9 nitrogen and oxygen atoms in total. The van der Waals surface area contributed by atoms with E-state index < -0.39 is 17.6 Å². The quantitative estimate of drug-likeness (QED) is 0.153. The molecule has 232 valence electrons. The first-order chi connectivity index (χ1) is 21.1. The van der Waals surface area contributed by atoms with Gasteiger partial charge in [0.2, 0.25) is 11.8 Å². The number of methoxy groups -OCH3 is 2. The summed E-state index contributed by atoms with van der Waals surface area (Å²) in [5, 5.41) is 5.99. The van der Waals surface area contributed by atoms with Crippen LogP contribution in [0.2, 0.25) is 0 Å². The Morgan fingerprint density at radius 3 is 2.48 bits per heavy atom. The van der Waals surface area contributed by atoms with Gasteiger partial charge < -0.3 is 20.1 Å². The molecule has 1 aromatic heterocycles. The third-order valence-electron chi connectivity index (χ3n) is 6.60. The smallest absolute Gasteiger partial charge is 0.416 e. The molecule has 4 aromatic rings. The largest absolute Gasteiger partial charge is 0.493 e. The fourth-order valence-electron chi connectivity index (χ4n) is 4.42. The van der Waals surface area contributed by atoms with E-state index in [2.05, 4.69) is 15.6 Å². The van der Waals surface area contributed by atoms with E-state index >= 15 is 0 Å². The number of para-hydroxylation sites is 1.